The summed E-state index contributed by atoms with van der Waals surface area (Å²) in [5, 5.41) is 14.9. The SMILES string of the molecule is CCC(CC)n1ccc(CC2(CN)CCCC2O)n1. The Labute approximate surface area is 116 Å². The van der Waals surface area contributed by atoms with Crippen molar-refractivity contribution in [2.24, 2.45) is 11.1 Å². The van der Waals surface area contributed by atoms with E-state index in [2.05, 4.69) is 30.8 Å². The Morgan fingerprint density at radius 1 is 1.53 bits per heavy atom. The summed E-state index contributed by atoms with van der Waals surface area (Å²) in [6.45, 7) is 4.93. The Morgan fingerprint density at radius 2 is 2.26 bits per heavy atom. The quantitative estimate of drug-likeness (QED) is 0.829. The van der Waals surface area contributed by atoms with Gasteiger partial charge in [0.15, 0.2) is 0 Å². The molecule has 1 aliphatic carbocycles. The number of rotatable bonds is 6. The highest BCUT2D eigenvalue weighted by molar-refractivity contribution is 5.07. The lowest BCUT2D eigenvalue weighted by molar-refractivity contribution is 0.0579. The standard InChI is InChI=1S/C15H27N3O/c1-3-13(4-2)18-9-7-12(17-18)10-15(11-16)8-5-6-14(15)19/h7,9,13-14,19H,3-6,8,10-11,16H2,1-2H3. The third-order valence-corrected chi connectivity index (χ3v) is 4.78. The van der Waals surface area contributed by atoms with Crippen molar-refractivity contribution in [3.8, 4) is 0 Å². The highest BCUT2D eigenvalue weighted by Gasteiger charge is 2.41. The molecule has 1 aromatic rings. The molecule has 4 nitrogen and oxygen atoms in total. The van der Waals surface area contributed by atoms with Gasteiger partial charge in [-0.05, 0) is 31.7 Å². The van der Waals surface area contributed by atoms with Crippen LogP contribution in [-0.2, 0) is 6.42 Å². The molecule has 0 spiro atoms. The van der Waals surface area contributed by atoms with E-state index in [1.807, 2.05) is 0 Å². The van der Waals surface area contributed by atoms with E-state index in [9.17, 15) is 5.11 Å². The Hall–Kier alpha value is -0.870. The van der Waals surface area contributed by atoms with Crippen molar-refractivity contribution in [3.63, 3.8) is 0 Å². The van der Waals surface area contributed by atoms with Crippen molar-refractivity contribution in [3.05, 3.63) is 18.0 Å². The lowest BCUT2D eigenvalue weighted by Crippen LogP contribution is -2.39. The van der Waals surface area contributed by atoms with Crippen LogP contribution in [0.1, 0.15) is 57.7 Å². The zero-order chi connectivity index (χ0) is 13.9. The zero-order valence-electron chi connectivity index (χ0n) is 12.2. The summed E-state index contributed by atoms with van der Waals surface area (Å²) in [7, 11) is 0. The normalized spacial score (nSPS) is 27.3. The van der Waals surface area contributed by atoms with E-state index < -0.39 is 0 Å². The summed E-state index contributed by atoms with van der Waals surface area (Å²) < 4.78 is 2.07. The molecule has 0 aromatic carbocycles. The van der Waals surface area contributed by atoms with Gasteiger partial charge in [-0.1, -0.05) is 20.3 Å². The van der Waals surface area contributed by atoms with E-state index in [0.717, 1.165) is 44.2 Å². The predicted molar refractivity (Wildman–Crippen MR) is 76.9 cm³/mol. The summed E-state index contributed by atoms with van der Waals surface area (Å²) in [4.78, 5) is 0. The molecule has 2 rings (SSSR count). The first kappa shape index (κ1) is 14.5. The molecule has 108 valence electrons. The first-order valence-corrected chi connectivity index (χ1v) is 7.57. The number of nitrogens with two attached hydrogens (primary N) is 1. The van der Waals surface area contributed by atoms with Crippen LogP contribution in [0.3, 0.4) is 0 Å². The van der Waals surface area contributed by atoms with Gasteiger partial charge in [0.25, 0.3) is 0 Å². The van der Waals surface area contributed by atoms with Gasteiger partial charge in [0.2, 0.25) is 0 Å². The fourth-order valence-corrected chi connectivity index (χ4v) is 3.34. The highest BCUT2D eigenvalue weighted by Crippen LogP contribution is 2.40. The summed E-state index contributed by atoms with van der Waals surface area (Å²) >= 11 is 0. The van der Waals surface area contributed by atoms with Crippen LogP contribution in [0.15, 0.2) is 12.3 Å². The van der Waals surface area contributed by atoms with E-state index >= 15 is 0 Å². The van der Waals surface area contributed by atoms with Gasteiger partial charge in [0, 0.05) is 24.6 Å². The van der Waals surface area contributed by atoms with Crippen LogP contribution in [0.25, 0.3) is 0 Å². The average Bonchev–Trinajstić information content (AvgIpc) is 3.00. The number of nitrogens with zero attached hydrogens (tertiary/aromatic N) is 2. The Balaban J connectivity index is 2.11. The van der Waals surface area contributed by atoms with Gasteiger partial charge in [-0.15, -0.1) is 0 Å². The molecule has 4 heteroatoms. The summed E-state index contributed by atoms with van der Waals surface area (Å²) in [5.74, 6) is 0. The van der Waals surface area contributed by atoms with Gasteiger partial charge >= 0.3 is 0 Å². The number of hydrogen-bond donors (Lipinski definition) is 2. The molecule has 0 radical (unpaired) electrons. The van der Waals surface area contributed by atoms with Gasteiger partial charge in [-0.2, -0.15) is 5.10 Å². The fraction of sp³-hybridized carbons (Fsp3) is 0.800. The van der Waals surface area contributed by atoms with Crippen LogP contribution in [0.5, 0.6) is 0 Å². The van der Waals surface area contributed by atoms with E-state index in [1.165, 1.54) is 0 Å². The van der Waals surface area contributed by atoms with Crippen LogP contribution in [0.2, 0.25) is 0 Å². The van der Waals surface area contributed by atoms with Crippen LogP contribution < -0.4 is 5.73 Å². The predicted octanol–water partition coefficient (Wildman–Crippen LogP) is 2.28. The molecule has 1 aromatic heterocycles. The van der Waals surface area contributed by atoms with Crippen molar-refractivity contribution >= 4 is 0 Å². The van der Waals surface area contributed by atoms with Crippen LogP contribution in [0, 0.1) is 5.41 Å². The third-order valence-electron chi connectivity index (χ3n) is 4.78. The zero-order valence-corrected chi connectivity index (χ0v) is 12.2. The molecule has 0 saturated heterocycles. The van der Waals surface area contributed by atoms with Gasteiger partial charge in [-0.25, -0.2) is 0 Å². The molecule has 0 amide bonds. The molecule has 1 fully saturated rings. The molecular weight excluding hydrogens is 238 g/mol. The second kappa shape index (κ2) is 6.06. The minimum atomic E-state index is -0.268. The maximum atomic E-state index is 10.2. The van der Waals surface area contributed by atoms with E-state index in [-0.39, 0.29) is 11.5 Å². The topological polar surface area (TPSA) is 64.1 Å². The molecule has 3 N–H and O–H groups in total. The van der Waals surface area contributed by atoms with Crippen molar-refractivity contribution in [2.75, 3.05) is 6.54 Å². The van der Waals surface area contributed by atoms with Crippen molar-refractivity contribution < 1.29 is 5.11 Å². The van der Waals surface area contributed by atoms with E-state index in [4.69, 9.17) is 10.8 Å². The average molecular weight is 265 g/mol. The lowest BCUT2D eigenvalue weighted by atomic mass is 9.80. The Morgan fingerprint density at radius 3 is 2.79 bits per heavy atom. The summed E-state index contributed by atoms with van der Waals surface area (Å²) in [5.41, 5.74) is 6.85. The number of hydrogen-bond acceptors (Lipinski definition) is 3. The molecular formula is C15H27N3O. The van der Waals surface area contributed by atoms with Gasteiger partial charge < -0.3 is 10.8 Å². The summed E-state index contributed by atoms with van der Waals surface area (Å²) in [6.07, 6.45) is 7.77. The minimum absolute atomic E-state index is 0.146. The van der Waals surface area contributed by atoms with Gasteiger partial charge in [0.1, 0.15) is 0 Å². The highest BCUT2D eigenvalue weighted by atomic mass is 16.3. The van der Waals surface area contributed by atoms with Gasteiger partial charge in [0.05, 0.1) is 17.8 Å². The van der Waals surface area contributed by atoms with Crippen molar-refractivity contribution in [1.29, 1.82) is 0 Å². The Kier molecular flexibility index (Phi) is 4.63. The lowest BCUT2D eigenvalue weighted by Gasteiger charge is -2.30. The first-order chi connectivity index (χ1) is 9.15. The van der Waals surface area contributed by atoms with Crippen LogP contribution in [-0.4, -0.2) is 27.5 Å². The van der Waals surface area contributed by atoms with E-state index in [0.29, 0.717) is 12.6 Å². The van der Waals surface area contributed by atoms with Crippen LogP contribution >= 0.6 is 0 Å². The first-order valence-electron chi connectivity index (χ1n) is 7.57. The smallest absolute Gasteiger partial charge is 0.0631 e. The maximum Gasteiger partial charge on any atom is 0.0631 e. The number of aromatic nitrogens is 2. The molecule has 0 bridgehead atoms. The third kappa shape index (κ3) is 2.84. The molecule has 1 heterocycles. The van der Waals surface area contributed by atoms with Crippen LogP contribution in [0.4, 0.5) is 0 Å². The van der Waals surface area contributed by atoms with Crippen molar-refractivity contribution in [2.45, 2.75) is 64.5 Å². The van der Waals surface area contributed by atoms with Crippen molar-refractivity contribution in [1.82, 2.24) is 9.78 Å². The molecule has 0 aliphatic heterocycles. The Bertz CT molecular complexity index is 400. The molecule has 1 saturated carbocycles. The largest absolute Gasteiger partial charge is 0.392 e. The van der Waals surface area contributed by atoms with E-state index in [1.54, 1.807) is 0 Å². The molecule has 19 heavy (non-hydrogen) atoms. The van der Waals surface area contributed by atoms with Gasteiger partial charge in [-0.3, -0.25) is 4.68 Å². The summed E-state index contributed by atoms with van der Waals surface area (Å²) in [6, 6.07) is 2.57. The monoisotopic (exact) mass is 265 g/mol. The second-order valence-electron chi connectivity index (χ2n) is 5.91. The molecule has 2 unspecified atom stereocenters. The second-order valence-corrected chi connectivity index (χ2v) is 5.91. The fourth-order valence-electron chi connectivity index (χ4n) is 3.34. The molecule has 2 atom stereocenters. The maximum absolute atomic E-state index is 10.2. The minimum Gasteiger partial charge on any atom is -0.392 e. The number of aliphatic hydroxyl groups is 1. The molecule has 1 aliphatic rings. The number of aliphatic hydroxyl groups excluding tert-OH is 1.